The van der Waals surface area contributed by atoms with Gasteiger partial charge in [0.1, 0.15) is 5.82 Å². The van der Waals surface area contributed by atoms with Gasteiger partial charge in [0.05, 0.1) is 11.6 Å². The number of halogens is 1. The molecule has 4 rings (SSSR count). The van der Waals surface area contributed by atoms with Crippen molar-refractivity contribution in [3.8, 4) is 0 Å². The molecular weight excluding hydrogens is 379 g/mol. The highest BCUT2D eigenvalue weighted by atomic mass is 19.1. The van der Waals surface area contributed by atoms with E-state index in [2.05, 4.69) is 46.1 Å². The molecule has 7 heteroatoms. The van der Waals surface area contributed by atoms with E-state index in [1.54, 1.807) is 12.1 Å². The number of aromatic nitrogens is 4. The van der Waals surface area contributed by atoms with Crippen molar-refractivity contribution in [2.24, 2.45) is 0 Å². The zero-order valence-electron chi connectivity index (χ0n) is 18.6. The molecule has 2 aliphatic rings. The normalized spacial score (nSPS) is 21.1. The lowest BCUT2D eigenvalue weighted by molar-refractivity contribution is 0.0605. The molecule has 1 aliphatic heterocycles. The second kappa shape index (κ2) is 9.10. The first-order chi connectivity index (χ1) is 14.5. The fourth-order valence-corrected chi connectivity index (χ4v) is 4.92. The third kappa shape index (κ3) is 4.42. The summed E-state index contributed by atoms with van der Waals surface area (Å²) in [5.74, 6) is 0.632. The summed E-state index contributed by atoms with van der Waals surface area (Å²) in [7, 11) is 0. The van der Waals surface area contributed by atoms with Gasteiger partial charge in [0.2, 0.25) is 0 Å². The molecule has 0 unspecified atom stereocenters. The molecule has 0 bridgehead atoms. The molecule has 1 aromatic heterocycles. The van der Waals surface area contributed by atoms with Crippen molar-refractivity contribution in [1.82, 2.24) is 30.0 Å². The first kappa shape index (κ1) is 21.4. The summed E-state index contributed by atoms with van der Waals surface area (Å²) in [6, 6.07) is 7.52. The van der Waals surface area contributed by atoms with Crippen LogP contribution in [0.25, 0.3) is 0 Å². The Labute approximate surface area is 179 Å². The first-order valence-corrected chi connectivity index (χ1v) is 11.5. The fourth-order valence-electron chi connectivity index (χ4n) is 4.92. The molecule has 30 heavy (non-hydrogen) atoms. The number of hydrogen-bond donors (Lipinski definition) is 0. The van der Waals surface area contributed by atoms with E-state index in [-0.39, 0.29) is 17.4 Å². The highest BCUT2D eigenvalue weighted by Gasteiger charge is 2.35. The monoisotopic (exact) mass is 414 g/mol. The number of nitrogens with zero attached hydrogens (tertiary/aromatic N) is 6. The van der Waals surface area contributed by atoms with Crippen LogP contribution in [0.1, 0.15) is 76.7 Å². The van der Waals surface area contributed by atoms with Crippen LogP contribution < -0.4 is 0 Å². The first-order valence-electron chi connectivity index (χ1n) is 11.5. The molecule has 2 aromatic rings. The van der Waals surface area contributed by atoms with Crippen LogP contribution in [0.3, 0.4) is 0 Å². The van der Waals surface area contributed by atoms with Crippen molar-refractivity contribution in [2.75, 3.05) is 26.2 Å². The van der Waals surface area contributed by atoms with Gasteiger partial charge >= 0.3 is 0 Å². The van der Waals surface area contributed by atoms with E-state index in [0.29, 0.717) is 0 Å². The summed E-state index contributed by atoms with van der Waals surface area (Å²) >= 11 is 0. The van der Waals surface area contributed by atoms with Crippen LogP contribution in [0, 0.1) is 5.82 Å². The maximum atomic E-state index is 13.6. The minimum atomic E-state index is -0.215. The minimum Gasteiger partial charge on any atom is -0.298 e. The Balaban J connectivity index is 1.60. The molecule has 1 saturated heterocycles. The van der Waals surface area contributed by atoms with Crippen molar-refractivity contribution in [3.05, 3.63) is 41.5 Å². The van der Waals surface area contributed by atoms with Gasteiger partial charge in [-0.2, -0.15) is 0 Å². The number of rotatable bonds is 6. The highest BCUT2D eigenvalue weighted by molar-refractivity contribution is 5.26. The van der Waals surface area contributed by atoms with Gasteiger partial charge in [0.25, 0.3) is 0 Å². The molecule has 2 fully saturated rings. The zero-order chi connectivity index (χ0) is 21.1. The molecule has 1 saturated carbocycles. The Kier molecular flexibility index (Phi) is 6.48. The van der Waals surface area contributed by atoms with E-state index in [1.165, 1.54) is 32.1 Å². The van der Waals surface area contributed by atoms with Crippen molar-refractivity contribution < 1.29 is 4.39 Å². The topological polar surface area (TPSA) is 50.1 Å². The van der Waals surface area contributed by atoms with Gasteiger partial charge in [-0.25, -0.2) is 9.07 Å². The van der Waals surface area contributed by atoms with Crippen LogP contribution in [-0.4, -0.2) is 62.2 Å². The van der Waals surface area contributed by atoms with E-state index in [9.17, 15) is 4.39 Å². The Hall–Kier alpha value is -1.86. The summed E-state index contributed by atoms with van der Waals surface area (Å²) in [6.07, 6.45) is 7.72. The quantitative estimate of drug-likeness (QED) is 0.715. The Morgan fingerprint density at radius 2 is 1.70 bits per heavy atom. The maximum absolute atomic E-state index is 13.6. The molecule has 2 heterocycles. The third-order valence-electron chi connectivity index (χ3n) is 7.17. The summed E-state index contributed by atoms with van der Waals surface area (Å²) in [6.45, 7) is 10.6. The number of benzene rings is 1. The largest absolute Gasteiger partial charge is 0.298 e. The Morgan fingerprint density at radius 3 is 2.33 bits per heavy atom. The van der Waals surface area contributed by atoms with E-state index in [1.807, 2.05) is 16.8 Å². The lowest BCUT2D eigenvalue weighted by Crippen LogP contribution is -2.52. The summed E-state index contributed by atoms with van der Waals surface area (Å²) in [5.41, 5.74) is 0.867. The second-order valence-electron chi connectivity index (χ2n) is 9.43. The summed E-state index contributed by atoms with van der Waals surface area (Å²) in [4.78, 5) is 5.15. The number of piperazine rings is 1. The van der Waals surface area contributed by atoms with E-state index in [4.69, 9.17) is 0 Å². The minimum absolute atomic E-state index is 0.0695. The molecule has 0 amide bonds. The SMILES string of the molecule is CCC(C)(C)n1nnnc1[C@@H](c1ccc(F)cc1)N1CCN(C2CCCCC2)CC1. The molecular formula is C23H35FN6. The number of hydrogen-bond acceptors (Lipinski definition) is 5. The van der Waals surface area contributed by atoms with Crippen LogP contribution in [0.2, 0.25) is 0 Å². The predicted molar refractivity (Wildman–Crippen MR) is 116 cm³/mol. The van der Waals surface area contributed by atoms with Crippen molar-refractivity contribution >= 4 is 0 Å². The number of tetrazole rings is 1. The van der Waals surface area contributed by atoms with Crippen molar-refractivity contribution in [3.63, 3.8) is 0 Å². The average Bonchev–Trinajstić information content (AvgIpc) is 3.27. The van der Waals surface area contributed by atoms with Gasteiger partial charge in [-0.3, -0.25) is 9.80 Å². The van der Waals surface area contributed by atoms with Crippen LogP contribution in [0.4, 0.5) is 4.39 Å². The molecule has 1 aliphatic carbocycles. The van der Waals surface area contributed by atoms with Crippen molar-refractivity contribution in [2.45, 2.75) is 76.9 Å². The van der Waals surface area contributed by atoms with Crippen LogP contribution in [0.5, 0.6) is 0 Å². The fraction of sp³-hybridized carbons (Fsp3) is 0.696. The Morgan fingerprint density at radius 1 is 1.03 bits per heavy atom. The molecule has 0 radical (unpaired) electrons. The van der Waals surface area contributed by atoms with Gasteiger partial charge in [0, 0.05) is 32.2 Å². The zero-order valence-corrected chi connectivity index (χ0v) is 18.6. The van der Waals surface area contributed by atoms with Gasteiger partial charge in [-0.15, -0.1) is 5.10 Å². The van der Waals surface area contributed by atoms with Crippen LogP contribution >= 0.6 is 0 Å². The molecule has 1 aromatic carbocycles. The Bertz CT molecular complexity index is 803. The molecule has 164 valence electrons. The predicted octanol–water partition coefficient (Wildman–Crippen LogP) is 4.00. The molecule has 1 atom stereocenters. The van der Waals surface area contributed by atoms with Gasteiger partial charge < -0.3 is 0 Å². The average molecular weight is 415 g/mol. The van der Waals surface area contributed by atoms with Crippen molar-refractivity contribution in [1.29, 1.82) is 0 Å². The standard InChI is InChI=1S/C23H35FN6/c1-4-23(2,3)30-22(25-26-27-30)21(18-10-12-19(24)13-11-18)29-16-14-28(15-17-29)20-8-6-5-7-9-20/h10-13,20-21H,4-9,14-17H2,1-3H3/t21-/m1/s1. The molecule has 6 nitrogen and oxygen atoms in total. The smallest absolute Gasteiger partial charge is 0.173 e. The van der Waals surface area contributed by atoms with Crippen LogP contribution in [0.15, 0.2) is 24.3 Å². The van der Waals surface area contributed by atoms with Gasteiger partial charge in [0.15, 0.2) is 5.82 Å². The van der Waals surface area contributed by atoms with E-state index in [0.717, 1.165) is 50.0 Å². The van der Waals surface area contributed by atoms with Crippen LogP contribution in [-0.2, 0) is 5.54 Å². The molecule has 0 N–H and O–H groups in total. The maximum Gasteiger partial charge on any atom is 0.173 e. The summed E-state index contributed by atoms with van der Waals surface area (Å²) in [5, 5.41) is 12.9. The summed E-state index contributed by atoms with van der Waals surface area (Å²) < 4.78 is 15.6. The van der Waals surface area contributed by atoms with E-state index >= 15 is 0 Å². The lowest BCUT2D eigenvalue weighted by atomic mass is 9.93. The third-order valence-corrected chi connectivity index (χ3v) is 7.17. The van der Waals surface area contributed by atoms with Gasteiger partial charge in [-0.1, -0.05) is 38.3 Å². The van der Waals surface area contributed by atoms with Gasteiger partial charge in [-0.05, 0) is 61.2 Å². The second-order valence-corrected chi connectivity index (χ2v) is 9.43. The van der Waals surface area contributed by atoms with E-state index < -0.39 is 0 Å². The lowest BCUT2D eigenvalue weighted by Gasteiger charge is -2.43. The highest BCUT2D eigenvalue weighted by Crippen LogP contribution is 2.32. The molecule has 0 spiro atoms.